The van der Waals surface area contributed by atoms with Gasteiger partial charge in [0.15, 0.2) is 5.78 Å². The highest BCUT2D eigenvalue weighted by Gasteiger charge is 2.13. The van der Waals surface area contributed by atoms with Crippen molar-refractivity contribution >= 4 is 27.2 Å². The van der Waals surface area contributed by atoms with E-state index in [2.05, 4.69) is 0 Å². The molecule has 0 fully saturated rings. The number of furan rings is 1. The zero-order valence-electron chi connectivity index (χ0n) is 8.20. The number of ketones is 1. The van der Waals surface area contributed by atoms with Crippen molar-refractivity contribution in [3.05, 3.63) is 23.1 Å². The third-order valence-corrected chi connectivity index (χ3v) is 3.16. The molecule has 0 saturated carbocycles. The molecule has 0 aliphatic carbocycles. The highest BCUT2D eigenvalue weighted by Crippen LogP contribution is 2.18. The Morgan fingerprint density at radius 2 is 2.20 bits per heavy atom. The first kappa shape index (κ1) is 12.3. The molecule has 0 amide bonds. The number of Topliss-reactive ketones (excluding diaryl/α,β-unsaturated/α-hetero) is 1. The number of hydrogen-bond acceptors (Lipinski definition) is 4. The number of halogens is 1. The first-order valence-electron chi connectivity index (χ1n) is 4.34. The molecular formula is C9H11ClO4S. The second-order valence-electron chi connectivity index (χ2n) is 3.26. The molecule has 0 bridgehead atoms. The Kier molecular flexibility index (Phi) is 3.93. The summed E-state index contributed by atoms with van der Waals surface area (Å²) in [6.07, 6.45) is 2.93. The van der Waals surface area contributed by atoms with Crippen LogP contribution in [-0.4, -0.2) is 26.2 Å². The van der Waals surface area contributed by atoms with Crippen molar-refractivity contribution < 1.29 is 17.6 Å². The van der Waals surface area contributed by atoms with Crippen molar-refractivity contribution in [1.29, 1.82) is 0 Å². The third kappa shape index (κ3) is 4.05. The van der Waals surface area contributed by atoms with Gasteiger partial charge in [-0.3, -0.25) is 4.79 Å². The number of sulfone groups is 1. The zero-order chi connectivity index (χ0) is 11.5. The summed E-state index contributed by atoms with van der Waals surface area (Å²) in [7, 11) is -3.01. The fourth-order valence-electron chi connectivity index (χ4n) is 1.12. The van der Waals surface area contributed by atoms with Gasteiger partial charge in [0.05, 0.1) is 17.6 Å². The highest BCUT2D eigenvalue weighted by atomic mass is 35.5. The second-order valence-corrected chi connectivity index (χ2v) is 5.87. The molecule has 1 rings (SSSR count). The van der Waals surface area contributed by atoms with E-state index in [9.17, 15) is 13.2 Å². The SMILES string of the molecule is CS(=O)(=O)CCCC(=O)c1ccoc1Cl. The van der Waals surface area contributed by atoms with E-state index in [1.807, 2.05) is 0 Å². The molecule has 84 valence electrons. The largest absolute Gasteiger partial charge is 0.452 e. The van der Waals surface area contributed by atoms with E-state index in [1.165, 1.54) is 12.3 Å². The van der Waals surface area contributed by atoms with Crippen LogP contribution in [0.2, 0.25) is 5.22 Å². The van der Waals surface area contributed by atoms with Crippen LogP contribution in [0.1, 0.15) is 23.2 Å². The Morgan fingerprint density at radius 1 is 1.53 bits per heavy atom. The number of carbonyl (C=O) groups excluding carboxylic acids is 1. The molecule has 0 unspecified atom stereocenters. The molecule has 0 N–H and O–H groups in total. The predicted octanol–water partition coefficient (Wildman–Crippen LogP) is 1.94. The van der Waals surface area contributed by atoms with Gasteiger partial charge in [-0.2, -0.15) is 0 Å². The van der Waals surface area contributed by atoms with E-state index in [1.54, 1.807) is 0 Å². The van der Waals surface area contributed by atoms with E-state index >= 15 is 0 Å². The Morgan fingerprint density at radius 3 is 2.67 bits per heavy atom. The van der Waals surface area contributed by atoms with Crippen LogP contribution in [0.5, 0.6) is 0 Å². The summed E-state index contributed by atoms with van der Waals surface area (Å²) in [6.45, 7) is 0. The van der Waals surface area contributed by atoms with Gasteiger partial charge in [-0.15, -0.1) is 0 Å². The Balaban J connectivity index is 2.48. The molecular weight excluding hydrogens is 240 g/mol. The van der Waals surface area contributed by atoms with Crippen molar-refractivity contribution in [3.8, 4) is 0 Å². The summed E-state index contributed by atoms with van der Waals surface area (Å²) in [5.74, 6) is -0.189. The van der Waals surface area contributed by atoms with Crippen LogP contribution in [0.4, 0.5) is 0 Å². The van der Waals surface area contributed by atoms with Gasteiger partial charge in [0.1, 0.15) is 9.84 Å². The number of rotatable bonds is 5. The maximum atomic E-state index is 11.5. The summed E-state index contributed by atoms with van der Waals surface area (Å²) >= 11 is 5.60. The van der Waals surface area contributed by atoms with Crippen LogP contribution in [0.3, 0.4) is 0 Å². The fourth-order valence-corrected chi connectivity index (χ4v) is 2.01. The summed E-state index contributed by atoms with van der Waals surface area (Å²) in [5.41, 5.74) is 0.310. The Bertz CT molecular complexity index is 446. The normalized spacial score (nSPS) is 11.6. The summed E-state index contributed by atoms with van der Waals surface area (Å²) < 4.78 is 26.4. The molecule has 0 atom stereocenters. The average Bonchev–Trinajstić information content (AvgIpc) is 2.48. The molecule has 6 heteroatoms. The van der Waals surface area contributed by atoms with Crippen LogP contribution >= 0.6 is 11.6 Å². The van der Waals surface area contributed by atoms with E-state index in [4.69, 9.17) is 16.0 Å². The van der Waals surface area contributed by atoms with Crippen LogP contribution < -0.4 is 0 Å². The van der Waals surface area contributed by atoms with Crippen molar-refractivity contribution in [2.45, 2.75) is 12.8 Å². The van der Waals surface area contributed by atoms with Gasteiger partial charge >= 0.3 is 0 Å². The Labute approximate surface area is 93.1 Å². The third-order valence-electron chi connectivity index (χ3n) is 1.84. The van der Waals surface area contributed by atoms with Crippen molar-refractivity contribution in [3.63, 3.8) is 0 Å². The average molecular weight is 251 g/mol. The lowest BCUT2D eigenvalue weighted by molar-refractivity contribution is 0.0981. The van der Waals surface area contributed by atoms with E-state index in [-0.39, 0.29) is 23.2 Å². The van der Waals surface area contributed by atoms with Gasteiger partial charge in [-0.1, -0.05) is 0 Å². The van der Waals surface area contributed by atoms with Crippen LogP contribution in [-0.2, 0) is 9.84 Å². The topological polar surface area (TPSA) is 64.3 Å². The molecule has 1 aromatic heterocycles. The maximum absolute atomic E-state index is 11.5. The monoisotopic (exact) mass is 250 g/mol. The summed E-state index contributed by atoms with van der Waals surface area (Å²) in [4.78, 5) is 11.5. The van der Waals surface area contributed by atoms with Crippen LogP contribution in [0.25, 0.3) is 0 Å². The first-order chi connectivity index (χ1) is 6.90. The molecule has 0 radical (unpaired) electrons. The van der Waals surface area contributed by atoms with Gasteiger partial charge < -0.3 is 4.42 Å². The van der Waals surface area contributed by atoms with Crippen LogP contribution in [0, 0.1) is 0 Å². The lowest BCUT2D eigenvalue weighted by atomic mass is 10.1. The van der Waals surface area contributed by atoms with Gasteiger partial charge in [0.2, 0.25) is 5.22 Å². The smallest absolute Gasteiger partial charge is 0.203 e. The standard InChI is InChI=1S/C9H11ClO4S/c1-15(12,13)6-2-3-8(11)7-4-5-14-9(7)10/h4-5H,2-3,6H2,1H3. The number of carbonyl (C=O) groups is 1. The zero-order valence-corrected chi connectivity index (χ0v) is 9.77. The van der Waals surface area contributed by atoms with E-state index < -0.39 is 9.84 Å². The summed E-state index contributed by atoms with van der Waals surface area (Å²) in [6, 6.07) is 1.48. The molecule has 4 nitrogen and oxygen atoms in total. The number of hydrogen-bond donors (Lipinski definition) is 0. The minimum absolute atomic E-state index is 0.00815. The van der Waals surface area contributed by atoms with Gasteiger partial charge in [-0.05, 0) is 24.1 Å². The van der Waals surface area contributed by atoms with E-state index in [0.29, 0.717) is 12.0 Å². The molecule has 1 heterocycles. The predicted molar refractivity (Wildman–Crippen MR) is 57.0 cm³/mol. The van der Waals surface area contributed by atoms with E-state index in [0.717, 1.165) is 6.26 Å². The maximum Gasteiger partial charge on any atom is 0.203 e. The van der Waals surface area contributed by atoms with Gasteiger partial charge in [0, 0.05) is 12.7 Å². The minimum Gasteiger partial charge on any atom is -0.452 e. The van der Waals surface area contributed by atoms with Crippen LogP contribution in [0.15, 0.2) is 16.7 Å². The fraction of sp³-hybridized carbons (Fsp3) is 0.444. The molecule has 0 spiro atoms. The molecule has 0 aliphatic rings. The molecule has 15 heavy (non-hydrogen) atoms. The second kappa shape index (κ2) is 4.81. The Hall–Kier alpha value is -0.810. The molecule has 1 aromatic rings. The quantitative estimate of drug-likeness (QED) is 0.749. The van der Waals surface area contributed by atoms with Crippen molar-refractivity contribution in [1.82, 2.24) is 0 Å². The molecule has 0 aromatic carbocycles. The highest BCUT2D eigenvalue weighted by molar-refractivity contribution is 7.90. The summed E-state index contributed by atoms with van der Waals surface area (Å²) in [5, 5.41) is 0.0550. The first-order valence-corrected chi connectivity index (χ1v) is 6.78. The van der Waals surface area contributed by atoms with Gasteiger partial charge in [0.25, 0.3) is 0 Å². The molecule has 0 saturated heterocycles. The minimum atomic E-state index is -3.01. The lowest BCUT2D eigenvalue weighted by Gasteiger charge is -1.98. The lowest BCUT2D eigenvalue weighted by Crippen LogP contribution is -2.06. The molecule has 0 aliphatic heterocycles. The van der Waals surface area contributed by atoms with Crippen molar-refractivity contribution in [2.24, 2.45) is 0 Å². The van der Waals surface area contributed by atoms with Crippen molar-refractivity contribution in [2.75, 3.05) is 12.0 Å². The van der Waals surface area contributed by atoms with Gasteiger partial charge in [-0.25, -0.2) is 8.42 Å².